The fourth-order valence-electron chi connectivity index (χ4n) is 1.41. The van der Waals surface area contributed by atoms with Gasteiger partial charge in [-0.05, 0) is 6.07 Å². The Morgan fingerprint density at radius 2 is 2.29 bits per heavy atom. The Hall–Kier alpha value is -1.65. The minimum Gasteiger partial charge on any atom is -0.273 e. The van der Waals surface area contributed by atoms with Crippen LogP contribution in [0, 0.1) is 5.82 Å². The average molecular weight is 190 g/mol. The summed E-state index contributed by atoms with van der Waals surface area (Å²) in [5, 5.41) is 4.65. The molecule has 1 heterocycles. The lowest BCUT2D eigenvalue weighted by Gasteiger charge is -1.99. The number of hydrogen-bond acceptors (Lipinski definition) is 2. The Bertz CT molecular complexity index is 521. The summed E-state index contributed by atoms with van der Waals surface area (Å²) in [5.41, 5.74) is 1.07. The molecular weight excluding hydrogens is 182 g/mol. The summed E-state index contributed by atoms with van der Waals surface area (Å²) < 4.78 is 14.4. The SMILES string of the molecule is Bc1cc2cnn(C(C)=O)c2cc1F. The number of halogens is 1. The monoisotopic (exact) mass is 190 g/mol. The van der Waals surface area contributed by atoms with E-state index in [1.165, 1.54) is 17.7 Å². The lowest BCUT2D eigenvalue weighted by atomic mass is 9.94. The van der Waals surface area contributed by atoms with Gasteiger partial charge in [-0.2, -0.15) is 5.10 Å². The van der Waals surface area contributed by atoms with Crippen LogP contribution in [0.3, 0.4) is 0 Å². The molecule has 0 aliphatic rings. The zero-order valence-corrected chi connectivity index (χ0v) is 7.91. The average Bonchev–Trinajstić information content (AvgIpc) is 2.48. The van der Waals surface area contributed by atoms with E-state index in [-0.39, 0.29) is 11.7 Å². The van der Waals surface area contributed by atoms with Crippen molar-refractivity contribution in [3.05, 3.63) is 24.1 Å². The topological polar surface area (TPSA) is 34.9 Å². The maximum Gasteiger partial charge on any atom is 0.244 e. The Morgan fingerprint density at radius 3 is 2.93 bits per heavy atom. The quantitative estimate of drug-likeness (QED) is 0.552. The van der Waals surface area contributed by atoms with Gasteiger partial charge in [0.25, 0.3) is 0 Å². The minimum absolute atomic E-state index is 0.219. The molecule has 0 radical (unpaired) electrons. The third kappa shape index (κ3) is 1.21. The van der Waals surface area contributed by atoms with Gasteiger partial charge >= 0.3 is 0 Å². The molecule has 0 aliphatic carbocycles. The Kier molecular flexibility index (Phi) is 1.87. The number of hydrogen-bond donors (Lipinski definition) is 0. The molecule has 2 aromatic rings. The molecule has 0 amide bonds. The summed E-state index contributed by atoms with van der Waals surface area (Å²) in [6.07, 6.45) is 1.56. The van der Waals surface area contributed by atoms with E-state index < -0.39 is 0 Å². The van der Waals surface area contributed by atoms with E-state index in [9.17, 15) is 9.18 Å². The summed E-state index contributed by atoms with van der Waals surface area (Å²) in [4.78, 5) is 11.1. The molecular formula is C9H8BFN2O. The molecule has 2 rings (SSSR count). The lowest BCUT2D eigenvalue weighted by molar-refractivity contribution is 0.0927. The highest BCUT2D eigenvalue weighted by Crippen LogP contribution is 2.13. The van der Waals surface area contributed by atoms with Crippen molar-refractivity contribution < 1.29 is 9.18 Å². The number of nitrogens with zero attached hydrogens (tertiary/aromatic N) is 2. The molecule has 0 saturated heterocycles. The number of fused-ring (bicyclic) bond motifs is 1. The van der Waals surface area contributed by atoms with Gasteiger partial charge in [0.1, 0.15) is 13.7 Å². The number of aromatic nitrogens is 2. The van der Waals surface area contributed by atoms with Crippen molar-refractivity contribution in [2.75, 3.05) is 0 Å². The molecule has 0 spiro atoms. The molecule has 0 bridgehead atoms. The first-order valence-electron chi connectivity index (χ1n) is 4.24. The van der Waals surface area contributed by atoms with E-state index >= 15 is 0 Å². The van der Waals surface area contributed by atoms with Gasteiger partial charge in [-0.15, -0.1) is 0 Å². The predicted octanol–water partition coefficient (Wildman–Crippen LogP) is 0.0939. The number of rotatable bonds is 0. The Labute approximate surface area is 80.9 Å². The van der Waals surface area contributed by atoms with Crippen molar-refractivity contribution >= 4 is 30.1 Å². The normalized spacial score (nSPS) is 10.7. The van der Waals surface area contributed by atoms with Crippen LogP contribution in [-0.4, -0.2) is 23.5 Å². The summed E-state index contributed by atoms with van der Waals surface area (Å²) in [6, 6.07) is 3.01. The van der Waals surface area contributed by atoms with Crippen molar-refractivity contribution in [1.29, 1.82) is 0 Å². The van der Waals surface area contributed by atoms with E-state index in [1.807, 2.05) is 0 Å². The van der Waals surface area contributed by atoms with E-state index in [4.69, 9.17) is 0 Å². The molecule has 3 nitrogen and oxygen atoms in total. The maximum absolute atomic E-state index is 13.2. The Morgan fingerprint density at radius 1 is 1.57 bits per heavy atom. The van der Waals surface area contributed by atoms with E-state index in [2.05, 4.69) is 5.10 Å². The smallest absolute Gasteiger partial charge is 0.244 e. The van der Waals surface area contributed by atoms with Gasteiger partial charge < -0.3 is 0 Å². The standard InChI is InChI=1S/C9H8BFN2O/c1-5(14)13-9-3-8(11)7(10)2-6(9)4-12-13/h2-4H,10H2,1H3. The van der Waals surface area contributed by atoms with Gasteiger partial charge in [-0.25, -0.2) is 9.07 Å². The molecule has 0 fully saturated rings. The van der Waals surface area contributed by atoms with Crippen LogP contribution in [-0.2, 0) is 0 Å². The summed E-state index contributed by atoms with van der Waals surface area (Å²) in [7, 11) is 1.68. The molecule has 1 aromatic carbocycles. The van der Waals surface area contributed by atoms with Crippen LogP contribution >= 0.6 is 0 Å². The highest BCUT2D eigenvalue weighted by atomic mass is 19.1. The number of carbonyl (C=O) groups is 1. The molecule has 0 saturated carbocycles. The highest BCUT2D eigenvalue weighted by Gasteiger charge is 2.08. The molecule has 5 heteroatoms. The zero-order chi connectivity index (χ0) is 10.3. The van der Waals surface area contributed by atoms with Crippen molar-refractivity contribution in [2.45, 2.75) is 6.92 Å². The molecule has 0 unspecified atom stereocenters. The zero-order valence-electron chi connectivity index (χ0n) is 7.91. The van der Waals surface area contributed by atoms with Crippen LogP contribution in [0.5, 0.6) is 0 Å². The number of carbonyl (C=O) groups excluding carboxylic acids is 1. The summed E-state index contributed by atoms with van der Waals surface area (Å²) >= 11 is 0. The van der Waals surface area contributed by atoms with E-state index in [0.717, 1.165) is 5.39 Å². The first-order valence-corrected chi connectivity index (χ1v) is 4.24. The predicted molar refractivity (Wildman–Crippen MR) is 54.2 cm³/mol. The van der Waals surface area contributed by atoms with Crippen LogP contribution in [0.2, 0.25) is 0 Å². The highest BCUT2D eigenvalue weighted by molar-refractivity contribution is 6.33. The molecule has 0 atom stereocenters. The van der Waals surface area contributed by atoms with Gasteiger partial charge in [0, 0.05) is 12.3 Å². The first-order chi connectivity index (χ1) is 6.59. The van der Waals surface area contributed by atoms with Gasteiger partial charge in [0.05, 0.1) is 11.7 Å². The first kappa shape index (κ1) is 8.93. The van der Waals surface area contributed by atoms with Crippen LogP contribution < -0.4 is 5.46 Å². The van der Waals surface area contributed by atoms with Crippen molar-refractivity contribution in [2.24, 2.45) is 0 Å². The Balaban J connectivity index is 2.80. The second-order valence-electron chi connectivity index (χ2n) is 3.24. The molecule has 0 N–H and O–H groups in total. The van der Waals surface area contributed by atoms with E-state index in [1.54, 1.807) is 20.1 Å². The van der Waals surface area contributed by atoms with Crippen LogP contribution in [0.15, 0.2) is 18.3 Å². The molecule has 14 heavy (non-hydrogen) atoms. The van der Waals surface area contributed by atoms with Gasteiger partial charge in [0.15, 0.2) is 0 Å². The van der Waals surface area contributed by atoms with Crippen LogP contribution in [0.1, 0.15) is 11.7 Å². The van der Waals surface area contributed by atoms with Crippen LogP contribution in [0.25, 0.3) is 10.9 Å². The van der Waals surface area contributed by atoms with Crippen LogP contribution in [0.4, 0.5) is 4.39 Å². The van der Waals surface area contributed by atoms with Gasteiger partial charge in [0.2, 0.25) is 5.91 Å². The van der Waals surface area contributed by atoms with Gasteiger partial charge in [-0.1, -0.05) is 11.5 Å². The molecule has 1 aromatic heterocycles. The third-order valence-corrected chi connectivity index (χ3v) is 2.15. The molecule has 70 valence electrons. The maximum atomic E-state index is 13.2. The number of benzene rings is 1. The van der Waals surface area contributed by atoms with Crippen molar-refractivity contribution in [1.82, 2.24) is 9.78 Å². The largest absolute Gasteiger partial charge is 0.273 e. The lowest BCUT2D eigenvalue weighted by Crippen LogP contribution is -2.10. The third-order valence-electron chi connectivity index (χ3n) is 2.15. The van der Waals surface area contributed by atoms with Crippen molar-refractivity contribution in [3.63, 3.8) is 0 Å². The fourth-order valence-corrected chi connectivity index (χ4v) is 1.41. The molecule has 0 aliphatic heterocycles. The van der Waals surface area contributed by atoms with Crippen molar-refractivity contribution in [3.8, 4) is 0 Å². The summed E-state index contributed by atoms with van der Waals surface area (Å²) in [6.45, 7) is 1.39. The second-order valence-corrected chi connectivity index (χ2v) is 3.24. The minimum atomic E-state index is -0.319. The second kappa shape index (κ2) is 2.94. The fraction of sp³-hybridized carbons (Fsp3) is 0.111. The van der Waals surface area contributed by atoms with Gasteiger partial charge in [-0.3, -0.25) is 4.79 Å². The van der Waals surface area contributed by atoms with E-state index in [0.29, 0.717) is 11.0 Å². The summed E-state index contributed by atoms with van der Waals surface area (Å²) in [5.74, 6) is -0.538.